The molecule has 0 bridgehead atoms. The van der Waals surface area contributed by atoms with Gasteiger partial charge in [0.05, 0.1) is 29.4 Å². The van der Waals surface area contributed by atoms with Gasteiger partial charge in [0, 0.05) is 12.3 Å². The topological polar surface area (TPSA) is 68.1 Å². The van der Waals surface area contributed by atoms with Gasteiger partial charge in [-0.25, -0.2) is 22.4 Å². The summed E-state index contributed by atoms with van der Waals surface area (Å²) in [6.45, 7) is 1.38. The number of aliphatic imine (C=N–C) groups is 1. The van der Waals surface area contributed by atoms with Crippen LogP contribution in [-0.4, -0.2) is 31.0 Å². The molecule has 0 amide bonds. The normalized spacial score (nSPS) is 12.1. The zero-order valence-corrected chi connectivity index (χ0v) is 16.7. The molecule has 0 radical (unpaired) electrons. The highest BCUT2D eigenvalue weighted by Gasteiger charge is 2.24. The summed E-state index contributed by atoms with van der Waals surface area (Å²) in [5.41, 5.74) is -1.75. The first-order valence-corrected chi connectivity index (χ1v) is 8.81. The van der Waals surface area contributed by atoms with Gasteiger partial charge in [0.1, 0.15) is 23.0 Å². The number of hydrogen-bond donors (Lipinski definition) is 1. The first-order valence-electron chi connectivity index (χ1n) is 8.02. The Labute approximate surface area is 171 Å². The number of ether oxygens (including phenoxy) is 2. The third kappa shape index (κ3) is 4.94. The zero-order chi connectivity index (χ0) is 21.7. The van der Waals surface area contributed by atoms with Crippen molar-refractivity contribution < 1.29 is 36.9 Å². The van der Waals surface area contributed by atoms with Crippen LogP contribution in [0.15, 0.2) is 39.3 Å². The lowest BCUT2D eigenvalue weighted by Gasteiger charge is -2.12. The largest absolute Gasteiger partial charge is 0.506 e. The zero-order valence-electron chi connectivity index (χ0n) is 15.1. The van der Waals surface area contributed by atoms with Crippen LogP contribution in [0, 0.1) is 23.3 Å². The van der Waals surface area contributed by atoms with E-state index in [1.54, 1.807) is 0 Å². The van der Waals surface area contributed by atoms with Crippen LogP contribution in [0.2, 0.25) is 0 Å². The molecule has 1 N–H and O–H groups in total. The van der Waals surface area contributed by atoms with Crippen LogP contribution >= 0.6 is 15.9 Å². The fourth-order valence-corrected chi connectivity index (χ4v) is 2.67. The second-order valence-corrected chi connectivity index (χ2v) is 6.20. The second-order valence-electron chi connectivity index (χ2n) is 5.40. The number of aliphatic hydroxyl groups excluding tert-OH is 1. The number of esters is 1. The number of carbonyl (C=O) groups excluding carboxylic acids is 1. The van der Waals surface area contributed by atoms with E-state index in [1.807, 2.05) is 0 Å². The van der Waals surface area contributed by atoms with Crippen molar-refractivity contribution in [1.82, 2.24) is 0 Å². The van der Waals surface area contributed by atoms with Gasteiger partial charge in [-0.1, -0.05) is 0 Å². The Hall–Kier alpha value is -2.88. The molecule has 5 nitrogen and oxygen atoms in total. The van der Waals surface area contributed by atoms with Crippen LogP contribution in [0.3, 0.4) is 0 Å². The molecule has 0 aliphatic rings. The molecule has 0 atom stereocenters. The quantitative estimate of drug-likeness (QED) is 0.155. The molecule has 0 aromatic heterocycles. The Morgan fingerprint density at radius 2 is 1.90 bits per heavy atom. The summed E-state index contributed by atoms with van der Waals surface area (Å²) in [6, 6.07) is 3.11. The molecule has 0 saturated heterocycles. The number of rotatable bonds is 6. The predicted molar refractivity (Wildman–Crippen MR) is 101 cm³/mol. The smallest absolute Gasteiger partial charge is 0.343 e. The van der Waals surface area contributed by atoms with Crippen LogP contribution in [0.5, 0.6) is 5.75 Å². The SMILES string of the molecule is CCOC(=O)/C(C=Nc1ccc(F)cc1F)=C(\O)c1cc(F)c(Br)c(OC)c1F. The first-order chi connectivity index (χ1) is 13.7. The van der Waals surface area contributed by atoms with Crippen LogP contribution in [0.1, 0.15) is 12.5 Å². The molecular formula is C19H14BrF4NO4. The maximum absolute atomic E-state index is 14.6. The van der Waals surface area contributed by atoms with Crippen molar-refractivity contribution in [3.05, 3.63) is 63.1 Å². The van der Waals surface area contributed by atoms with Gasteiger partial charge in [-0.15, -0.1) is 0 Å². The highest BCUT2D eigenvalue weighted by molar-refractivity contribution is 9.10. The van der Waals surface area contributed by atoms with Gasteiger partial charge in [-0.2, -0.15) is 0 Å². The maximum atomic E-state index is 14.6. The molecule has 154 valence electrons. The monoisotopic (exact) mass is 475 g/mol. The Kier molecular flexibility index (Phi) is 7.38. The van der Waals surface area contributed by atoms with Crippen molar-refractivity contribution in [1.29, 1.82) is 0 Å². The minimum Gasteiger partial charge on any atom is -0.506 e. The fourth-order valence-electron chi connectivity index (χ4n) is 2.22. The predicted octanol–water partition coefficient (Wildman–Crippen LogP) is 5.25. The van der Waals surface area contributed by atoms with Crippen molar-refractivity contribution in [2.45, 2.75) is 6.92 Å². The van der Waals surface area contributed by atoms with E-state index in [9.17, 15) is 27.5 Å². The number of hydrogen-bond acceptors (Lipinski definition) is 5. The Bertz CT molecular complexity index is 1010. The molecule has 0 unspecified atom stereocenters. The van der Waals surface area contributed by atoms with Crippen molar-refractivity contribution >= 4 is 39.6 Å². The van der Waals surface area contributed by atoms with Crippen molar-refractivity contribution in [3.8, 4) is 5.75 Å². The van der Waals surface area contributed by atoms with Crippen molar-refractivity contribution in [2.75, 3.05) is 13.7 Å². The molecule has 2 rings (SSSR count). The van der Waals surface area contributed by atoms with Crippen LogP contribution in [-0.2, 0) is 9.53 Å². The van der Waals surface area contributed by atoms with Gasteiger partial charge in [0.25, 0.3) is 0 Å². The van der Waals surface area contributed by atoms with Crippen LogP contribution < -0.4 is 4.74 Å². The van der Waals surface area contributed by atoms with E-state index in [2.05, 4.69) is 20.9 Å². The van der Waals surface area contributed by atoms with Crippen LogP contribution in [0.4, 0.5) is 23.2 Å². The number of methoxy groups -OCH3 is 1. The van der Waals surface area contributed by atoms with Gasteiger partial charge in [-0.3, -0.25) is 4.99 Å². The third-order valence-corrected chi connectivity index (χ3v) is 4.31. The minimum atomic E-state index is -1.17. The Morgan fingerprint density at radius 1 is 1.21 bits per heavy atom. The molecule has 0 heterocycles. The van der Waals surface area contributed by atoms with E-state index in [0.717, 1.165) is 19.2 Å². The molecule has 2 aromatic rings. The lowest BCUT2D eigenvalue weighted by molar-refractivity contribution is -0.137. The lowest BCUT2D eigenvalue weighted by Crippen LogP contribution is -2.12. The molecule has 0 aliphatic heterocycles. The number of aliphatic hydroxyl groups is 1. The molecule has 10 heteroatoms. The second kappa shape index (κ2) is 9.55. The third-order valence-electron chi connectivity index (χ3n) is 3.57. The number of benzene rings is 2. The van der Waals surface area contributed by atoms with Gasteiger partial charge in [0.2, 0.25) is 0 Å². The summed E-state index contributed by atoms with van der Waals surface area (Å²) in [5, 5.41) is 10.4. The number of halogens is 5. The first kappa shape index (κ1) is 22.4. The van der Waals surface area contributed by atoms with Crippen molar-refractivity contribution in [2.24, 2.45) is 4.99 Å². The average Bonchev–Trinajstić information content (AvgIpc) is 2.67. The molecule has 0 spiro atoms. The van der Waals surface area contributed by atoms with Crippen molar-refractivity contribution in [3.63, 3.8) is 0 Å². The molecule has 0 aliphatic carbocycles. The van der Waals surface area contributed by atoms with Gasteiger partial charge in [-0.05, 0) is 41.1 Å². The Balaban J connectivity index is 2.65. The van der Waals surface area contributed by atoms with Gasteiger partial charge >= 0.3 is 5.97 Å². The molecule has 2 aromatic carbocycles. The van der Waals surface area contributed by atoms with Gasteiger partial charge in [0.15, 0.2) is 17.4 Å². The summed E-state index contributed by atoms with van der Waals surface area (Å²) in [6.07, 6.45) is 0.704. The Morgan fingerprint density at radius 3 is 2.48 bits per heavy atom. The highest BCUT2D eigenvalue weighted by atomic mass is 79.9. The van der Waals surface area contributed by atoms with Gasteiger partial charge < -0.3 is 14.6 Å². The summed E-state index contributed by atoms with van der Waals surface area (Å²) in [4.78, 5) is 15.9. The summed E-state index contributed by atoms with van der Waals surface area (Å²) >= 11 is 2.81. The lowest BCUT2D eigenvalue weighted by atomic mass is 10.1. The summed E-state index contributed by atoms with van der Waals surface area (Å²) in [5.74, 6) is -6.71. The minimum absolute atomic E-state index is 0.102. The highest BCUT2D eigenvalue weighted by Crippen LogP contribution is 2.35. The molecular weight excluding hydrogens is 462 g/mol. The van der Waals surface area contributed by atoms with E-state index >= 15 is 0 Å². The fraction of sp³-hybridized carbons (Fsp3) is 0.158. The summed E-state index contributed by atoms with van der Waals surface area (Å²) in [7, 11) is 1.08. The standard InChI is InChI=1S/C19H14BrF4NO4/c1-3-29-19(27)11(8-25-14-5-4-9(21)6-12(14)22)17(26)10-7-13(23)15(20)18(28-2)16(10)24/h4-8,26H,3H2,1-2H3/b17-11-,25-8?. The molecule has 0 saturated carbocycles. The average molecular weight is 476 g/mol. The van der Waals surface area contributed by atoms with E-state index in [1.165, 1.54) is 6.92 Å². The van der Waals surface area contributed by atoms with Crippen LogP contribution in [0.25, 0.3) is 5.76 Å². The van der Waals surface area contributed by atoms with E-state index in [4.69, 9.17) is 9.47 Å². The summed E-state index contributed by atoms with van der Waals surface area (Å²) < 4.78 is 64.7. The number of carbonyl (C=O) groups is 1. The van der Waals surface area contributed by atoms with E-state index in [0.29, 0.717) is 18.3 Å². The molecule has 29 heavy (non-hydrogen) atoms. The van der Waals surface area contributed by atoms with E-state index in [-0.39, 0.29) is 16.8 Å². The number of nitrogens with zero attached hydrogens (tertiary/aromatic N) is 1. The molecule has 0 fully saturated rings. The van der Waals surface area contributed by atoms with E-state index < -0.39 is 51.9 Å². The maximum Gasteiger partial charge on any atom is 0.343 e.